The summed E-state index contributed by atoms with van der Waals surface area (Å²) in [7, 11) is 2.20. The maximum atomic E-state index is 5.78. The summed E-state index contributed by atoms with van der Waals surface area (Å²) < 4.78 is 0. The van der Waals surface area contributed by atoms with Gasteiger partial charge in [0.05, 0.1) is 0 Å². The van der Waals surface area contributed by atoms with E-state index < -0.39 is 0 Å². The van der Waals surface area contributed by atoms with Crippen molar-refractivity contribution in [3.05, 3.63) is 29.3 Å². The lowest BCUT2D eigenvalue weighted by molar-refractivity contribution is 0.215. The molecular weight excluding hydrogens is 266 g/mol. The fourth-order valence-electron chi connectivity index (χ4n) is 2.78. The normalized spacial score (nSPS) is 17.1. The highest BCUT2D eigenvalue weighted by Crippen LogP contribution is 2.21. The Balaban J connectivity index is 1.87. The van der Waals surface area contributed by atoms with E-state index in [0.717, 1.165) is 23.7 Å². The van der Waals surface area contributed by atoms with E-state index in [1.54, 1.807) is 0 Å². The number of piperidine rings is 1. The van der Waals surface area contributed by atoms with Crippen molar-refractivity contribution in [2.45, 2.75) is 26.2 Å². The summed E-state index contributed by atoms with van der Waals surface area (Å²) in [6, 6.07) is 6.19. The van der Waals surface area contributed by atoms with E-state index in [0.29, 0.717) is 4.99 Å². The molecule has 4 heteroatoms. The van der Waals surface area contributed by atoms with Crippen molar-refractivity contribution in [1.82, 2.24) is 4.90 Å². The number of nitrogens with zero attached hydrogens (tertiary/aromatic N) is 1. The van der Waals surface area contributed by atoms with Gasteiger partial charge in [-0.3, -0.25) is 0 Å². The number of rotatable bonds is 5. The van der Waals surface area contributed by atoms with Crippen molar-refractivity contribution in [3.8, 4) is 0 Å². The summed E-state index contributed by atoms with van der Waals surface area (Å²) in [5, 5.41) is 3.51. The summed E-state index contributed by atoms with van der Waals surface area (Å²) in [6.07, 6.45) is 3.85. The highest BCUT2D eigenvalue weighted by molar-refractivity contribution is 7.80. The van der Waals surface area contributed by atoms with Crippen LogP contribution in [0, 0.1) is 12.8 Å². The fourth-order valence-corrected chi connectivity index (χ4v) is 2.96. The van der Waals surface area contributed by atoms with E-state index in [-0.39, 0.29) is 0 Å². The first-order valence-corrected chi connectivity index (χ1v) is 7.80. The minimum absolute atomic E-state index is 0.465. The van der Waals surface area contributed by atoms with Gasteiger partial charge in [-0.25, -0.2) is 0 Å². The van der Waals surface area contributed by atoms with E-state index in [2.05, 4.69) is 36.3 Å². The van der Waals surface area contributed by atoms with Crippen LogP contribution in [0.4, 0.5) is 5.69 Å². The third kappa shape index (κ3) is 4.18. The zero-order chi connectivity index (χ0) is 14.5. The topological polar surface area (TPSA) is 41.3 Å². The second-order valence-electron chi connectivity index (χ2n) is 5.88. The molecule has 0 aliphatic carbocycles. The molecule has 0 amide bonds. The lowest BCUT2D eigenvalue weighted by Gasteiger charge is -2.29. The van der Waals surface area contributed by atoms with E-state index in [1.165, 1.54) is 37.9 Å². The van der Waals surface area contributed by atoms with Crippen LogP contribution in [0.1, 0.15) is 30.4 Å². The minimum Gasteiger partial charge on any atom is -0.389 e. The summed E-state index contributed by atoms with van der Waals surface area (Å²) in [5.41, 5.74) is 9.04. The predicted octanol–water partition coefficient (Wildman–Crippen LogP) is 2.77. The van der Waals surface area contributed by atoms with Crippen molar-refractivity contribution >= 4 is 22.9 Å². The lowest BCUT2D eigenvalue weighted by Crippen LogP contribution is -2.31. The Kier molecular flexibility index (Phi) is 5.38. The molecule has 1 aromatic rings. The van der Waals surface area contributed by atoms with Gasteiger partial charge in [-0.2, -0.15) is 0 Å². The first-order valence-electron chi connectivity index (χ1n) is 7.39. The quantitative estimate of drug-likeness (QED) is 0.819. The molecule has 0 radical (unpaired) electrons. The summed E-state index contributed by atoms with van der Waals surface area (Å²) in [4.78, 5) is 2.88. The Hall–Kier alpha value is -1.13. The molecule has 0 spiro atoms. The van der Waals surface area contributed by atoms with Gasteiger partial charge in [0.25, 0.3) is 0 Å². The molecule has 1 heterocycles. The minimum atomic E-state index is 0.465. The fraction of sp³-hybridized carbons (Fsp3) is 0.562. The summed E-state index contributed by atoms with van der Waals surface area (Å²) in [5.74, 6) is 0.844. The molecule has 1 aliphatic rings. The van der Waals surface area contributed by atoms with E-state index in [4.69, 9.17) is 18.0 Å². The Morgan fingerprint density at radius 2 is 2.10 bits per heavy atom. The Morgan fingerprint density at radius 1 is 1.40 bits per heavy atom. The molecule has 3 N–H and O–H groups in total. The molecule has 1 saturated heterocycles. The highest BCUT2D eigenvalue weighted by Gasteiger charge is 2.16. The predicted molar refractivity (Wildman–Crippen MR) is 90.4 cm³/mol. The Labute approximate surface area is 127 Å². The molecule has 0 bridgehead atoms. The summed E-state index contributed by atoms with van der Waals surface area (Å²) in [6.45, 7) is 5.54. The first-order chi connectivity index (χ1) is 9.56. The molecule has 2 rings (SSSR count). The first kappa shape index (κ1) is 15.3. The zero-order valence-corrected chi connectivity index (χ0v) is 13.3. The maximum Gasteiger partial charge on any atom is 0.106 e. The van der Waals surface area contributed by atoms with Gasteiger partial charge in [0.1, 0.15) is 4.99 Å². The average molecular weight is 291 g/mol. The van der Waals surface area contributed by atoms with Gasteiger partial charge in [0.15, 0.2) is 0 Å². The Bertz CT molecular complexity index is 465. The van der Waals surface area contributed by atoms with Gasteiger partial charge in [0, 0.05) is 17.8 Å². The second kappa shape index (κ2) is 7.04. The van der Waals surface area contributed by atoms with Crippen molar-refractivity contribution in [2.75, 3.05) is 32.0 Å². The standard InChI is InChI=1S/C16H25N3S/c1-12-3-4-14(16(17)20)15(11-12)18-8-5-13-6-9-19(2)10-7-13/h3-4,11,13,18H,5-10H2,1-2H3,(H2,17,20). The molecule has 0 atom stereocenters. The molecule has 1 aromatic carbocycles. The third-order valence-electron chi connectivity index (χ3n) is 4.15. The molecule has 110 valence electrons. The van der Waals surface area contributed by atoms with E-state index in [9.17, 15) is 0 Å². The van der Waals surface area contributed by atoms with Gasteiger partial charge >= 0.3 is 0 Å². The van der Waals surface area contributed by atoms with Crippen LogP contribution in [0.25, 0.3) is 0 Å². The number of aryl methyl sites for hydroxylation is 1. The average Bonchev–Trinajstić information content (AvgIpc) is 2.41. The molecule has 1 fully saturated rings. The molecule has 0 aromatic heterocycles. The number of hydrogen-bond acceptors (Lipinski definition) is 3. The number of hydrogen-bond donors (Lipinski definition) is 2. The number of anilines is 1. The maximum absolute atomic E-state index is 5.78. The van der Waals surface area contributed by atoms with Gasteiger partial charge in [-0.05, 0) is 69.9 Å². The number of likely N-dealkylation sites (tertiary alicyclic amines) is 1. The Morgan fingerprint density at radius 3 is 2.75 bits per heavy atom. The molecule has 1 aliphatic heterocycles. The second-order valence-corrected chi connectivity index (χ2v) is 6.32. The monoisotopic (exact) mass is 291 g/mol. The molecular formula is C16H25N3S. The van der Waals surface area contributed by atoms with Gasteiger partial charge in [-0.1, -0.05) is 18.3 Å². The molecule has 0 unspecified atom stereocenters. The SMILES string of the molecule is Cc1ccc(C(N)=S)c(NCCC2CCN(C)CC2)c1. The number of nitrogens with one attached hydrogen (secondary N) is 1. The van der Waals surface area contributed by atoms with Crippen LogP contribution in [-0.4, -0.2) is 36.6 Å². The molecule has 3 nitrogen and oxygen atoms in total. The van der Waals surface area contributed by atoms with Crippen LogP contribution < -0.4 is 11.1 Å². The van der Waals surface area contributed by atoms with Crippen LogP contribution in [0.2, 0.25) is 0 Å². The van der Waals surface area contributed by atoms with Crippen LogP contribution in [0.5, 0.6) is 0 Å². The van der Waals surface area contributed by atoms with Crippen LogP contribution in [0.3, 0.4) is 0 Å². The smallest absolute Gasteiger partial charge is 0.106 e. The number of nitrogens with two attached hydrogens (primary N) is 1. The summed E-state index contributed by atoms with van der Waals surface area (Å²) >= 11 is 5.11. The molecule has 20 heavy (non-hydrogen) atoms. The van der Waals surface area contributed by atoms with Crippen molar-refractivity contribution < 1.29 is 0 Å². The highest BCUT2D eigenvalue weighted by atomic mass is 32.1. The van der Waals surface area contributed by atoms with Gasteiger partial charge in [-0.15, -0.1) is 0 Å². The molecule has 0 saturated carbocycles. The zero-order valence-electron chi connectivity index (χ0n) is 12.5. The van der Waals surface area contributed by atoms with Crippen LogP contribution >= 0.6 is 12.2 Å². The van der Waals surface area contributed by atoms with E-state index in [1.807, 2.05) is 6.07 Å². The third-order valence-corrected chi connectivity index (χ3v) is 4.37. The number of thiocarbonyl (C=S) groups is 1. The van der Waals surface area contributed by atoms with E-state index >= 15 is 0 Å². The van der Waals surface area contributed by atoms with Crippen LogP contribution in [-0.2, 0) is 0 Å². The van der Waals surface area contributed by atoms with Crippen LogP contribution in [0.15, 0.2) is 18.2 Å². The van der Waals surface area contributed by atoms with Crippen molar-refractivity contribution in [2.24, 2.45) is 11.7 Å². The number of benzene rings is 1. The van der Waals surface area contributed by atoms with Gasteiger partial charge in [0.2, 0.25) is 0 Å². The van der Waals surface area contributed by atoms with Crippen molar-refractivity contribution in [3.63, 3.8) is 0 Å². The van der Waals surface area contributed by atoms with Crippen molar-refractivity contribution in [1.29, 1.82) is 0 Å². The lowest BCUT2D eigenvalue weighted by atomic mass is 9.94. The van der Waals surface area contributed by atoms with Gasteiger partial charge < -0.3 is 16.0 Å². The largest absolute Gasteiger partial charge is 0.389 e.